The van der Waals surface area contributed by atoms with E-state index in [9.17, 15) is 9.59 Å². The van der Waals surface area contributed by atoms with Crippen LogP contribution >= 0.6 is 0 Å². The van der Waals surface area contributed by atoms with Crippen LogP contribution in [0.25, 0.3) is 0 Å². The van der Waals surface area contributed by atoms with Crippen LogP contribution in [0, 0.1) is 0 Å². The normalized spacial score (nSPS) is 12.4. The van der Waals surface area contributed by atoms with Gasteiger partial charge in [-0.1, -0.05) is 19.2 Å². The van der Waals surface area contributed by atoms with Crippen molar-refractivity contribution in [3.05, 3.63) is 24.8 Å². The van der Waals surface area contributed by atoms with E-state index < -0.39 is 23.6 Å². The number of primary amides is 1. The van der Waals surface area contributed by atoms with E-state index in [1.54, 1.807) is 20.8 Å². The highest BCUT2D eigenvalue weighted by molar-refractivity contribution is 5.87. The zero-order valence-electron chi connectivity index (χ0n) is 9.87. The molecule has 3 N–H and O–H groups in total. The van der Waals surface area contributed by atoms with E-state index in [0.717, 1.165) is 0 Å². The first-order chi connectivity index (χ1) is 7.17. The molecular formula is C11H18N2O3. The highest BCUT2D eigenvalue weighted by Gasteiger charge is 2.23. The molecule has 5 heteroatoms. The molecule has 0 rings (SSSR count). The fourth-order valence-corrected chi connectivity index (χ4v) is 0.890. The zero-order valence-corrected chi connectivity index (χ0v) is 9.87. The summed E-state index contributed by atoms with van der Waals surface area (Å²) in [6, 6.07) is -0.993. The van der Waals surface area contributed by atoms with E-state index in [1.807, 2.05) is 0 Å². The number of hydrogen-bond acceptors (Lipinski definition) is 3. The highest BCUT2D eigenvalue weighted by Crippen LogP contribution is 2.08. The molecule has 0 aliphatic heterocycles. The number of carbonyl (C=O) groups is 2. The average Bonchev–Trinajstić information content (AvgIpc) is 2.09. The Kier molecular flexibility index (Phi) is 4.75. The van der Waals surface area contributed by atoms with E-state index in [2.05, 4.69) is 18.5 Å². The maximum Gasteiger partial charge on any atom is 0.408 e. The lowest BCUT2D eigenvalue weighted by atomic mass is 10.1. The van der Waals surface area contributed by atoms with Crippen LogP contribution in [0.4, 0.5) is 4.79 Å². The highest BCUT2D eigenvalue weighted by atomic mass is 16.6. The summed E-state index contributed by atoms with van der Waals surface area (Å²) in [7, 11) is 0. The molecule has 0 saturated heterocycles. The topological polar surface area (TPSA) is 81.4 Å². The van der Waals surface area contributed by atoms with Crippen molar-refractivity contribution in [3.63, 3.8) is 0 Å². The van der Waals surface area contributed by atoms with Gasteiger partial charge in [-0.15, -0.1) is 0 Å². The Labute approximate surface area is 95.3 Å². The zero-order chi connectivity index (χ0) is 12.9. The lowest BCUT2D eigenvalue weighted by molar-refractivity contribution is -0.119. The molecule has 0 fully saturated rings. The lowest BCUT2D eigenvalue weighted by Gasteiger charge is -2.22. The molecule has 1 unspecified atom stereocenters. The molecular weight excluding hydrogens is 208 g/mol. The number of amides is 2. The van der Waals surface area contributed by atoms with Crippen molar-refractivity contribution in [2.45, 2.75) is 32.4 Å². The summed E-state index contributed by atoms with van der Waals surface area (Å²) in [6.45, 7) is 12.2. The Morgan fingerprint density at radius 2 is 1.94 bits per heavy atom. The molecule has 0 aliphatic carbocycles. The van der Waals surface area contributed by atoms with Gasteiger partial charge in [0.05, 0.1) is 0 Å². The van der Waals surface area contributed by atoms with Crippen LogP contribution in [0.2, 0.25) is 0 Å². The third-order valence-corrected chi connectivity index (χ3v) is 1.58. The predicted octanol–water partition coefficient (Wildman–Crippen LogP) is 1.11. The van der Waals surface area contributed by atoms with Gasteiger partial charge in [0.25, 0.3) is 0 Å². The van der Waals surface area contributed by atoms with Crippen LogP contribution in [0.3, 0.4) is 0 Å². The average molecular weight is 226 g/mol. The van der Waals surface area contributed by atoms with Gasteiger partial charge in [-0.05, 0) is 26.3 Å². The van der Waals surface area contributed by atoms with Gasteiger partial charge >= 0.3 is 6.09 Å². The van der Waals surface area contributed by atoms with Gasteiger partial charge in [-0.25, -0.2) is 4.79 Å². The van der Waals surface area contributed by atoms with Crippen LogP contribution in [-0.4, -0.2) is 23.6 Å². The van der Waals surface area contributed by atoms with E-state index in [-0.39, 0.29) is 0 Å². The molecule has 0 aromatic carbocycles. The summed E-state index contributed by atoms with van der Waals surface area (Å²) < 4.78 is 4.98. The van der Waals surface area contributed by atoms with Crippen LogP contribution < -0.4 is 11.1 Å². The van der Waals surface area contributed by atoms with Crippen LogP contribution in [0.5, 0.6) is 0 Å². The van der Waals surface area contributed by atoms with Crippen molar-refractivity contribution < 1.29 is 14.3 Å². The molecule has 2 amide bonds. The summed E-state index contributed by atoms with van der Waals surface area (Å²) >= 11 is 0. The molecule has 0 aliphatic rings. The number of nitrogens with one attached hydrogen (secondary N) is 1. The van der Waals surface area contributed by atoms with Crippen LogP contribution in [0.1, 0.15) is 20.8 Å². The Hall–Kier alpha value is -1.78. The third-order valence-electron chi connectivity index (χ3n) is 1.58. The van der Waals surface area contributed by atoms with E-state index in [0.29, 0.717) is 5.57 Å². The first-order valence-corrected chi connectivity index (χ1v) is 4.77. The molecule has 16 heavy (non-hydrogen) atoms. The maximum absolute atomic E-state index is 11.4. The van der Waals surface area contributed by atoms with E-state index >= 15 is 0 Å². The van der Waals surface area contributed by atoms with E-state index in [1.165, 1.54) is 6.08 Å². The molecule has 0 aromatic rings. The van der Waals surface area contributed by atoms with Gasteiger partial charge in [-0.2, -0.15) is 0 Å². The minimum atomic E-state index is -0.993. The first-order valence-electron chi connectivity index (χ1n) is 4.77. The fourth-order valence-electron chi connectivity index (χ4n) is 0.890. The molecule has 0 heterocycles. The second-order valence-corrected chi connectivity index (χ2v) is 4.26. The van der Waals surface area contributed by atoms with Gasteiger partial charge < -0.3 is 15.8 Å². The van der Waals surface area contributed by atoms with Gasteiger partial charge in [0.15, 0.2) is 0 Å². The second kappa shape index (κ2) is 5.34. The maximum atomic E-state index is 11.4. The molecule has 5 nitrogen and oxygen atoms in total. The van der Waals surface area contributed by atoms with Crippen LogP contribution in [0.15, 0.2) is 24.8 Å². The quantitative estimate of drug-likeness (QED) is 0.704. The number of hydrogen-bond donors (Lipinski definition) is 2. The number of nitrogens with two attached hydrogens (primary N) is 1. The fraction of sp³-hybridized carbons (Fsp3) is 0.455. The molecule has 0 bridgehead atoms. The summed E-state index contributed by atoms with van der Waals surface area (Å²) in [5.74, 6) is -0.712. The Morgan fingerprint density at radius 1 is 1.44 bits per heavy atom. The first kappa shape index (κ1) is 14.2. The SMILES string of the molecule is C=CC(=C)C(NC(=O)OC(C)(C)C)C(N)=O. The molecule has 90 valence electrons. The predicted molar refractivity (Wildman–Crippen MR) is 61.7 cm³/mol. The molecule has 0 saturated carbocycles. The summed E-state index contributed by atoms with van der Waals surface area (Å²) in [5.41, 5.74) is 4.79. The number of carbonyl (C=O) groups excluding carboxylic acids is 2. The number of ether oxygens (including phenoxy) is 1. The van der Waals surface area contributed by atoms with Crippen molar-refractivity contribution >= 4 is 12.0 Å². The molecule has 0 aromatic heterocycles. The summed E-state index contributed by atoms with van der Waals surface area (Å²) in [6.07, 6.45) is 0.631. The largest absolute Gasteiger partial charge is 0.444 e. The third kappa shape index (κ3) is 5.19. The summed E-state index contributed by atoms with van der Waals surface area (Å²) in [4.78, 5) is 22.4. The van der Waals surface area contributed by atoms with Crippen molar-refractivity contribution in [1.82, 2.24) is 5.32 Å². The van der Waals surface area contributed by atoms with E-state index in [4.69, 9.17) is 10.5 Å². The molecule has 0 radical (unpaired) electrons. The van der Waals surface area contributed by atoms with Gasteiger partial charge in [0.1, 0.15) is 11.6 Å². The minimum Gasteiger partial charge on any atom is -0.444 e. The summed E-state index contributed by atoms with van der Waals surface area (Å²) in [5, 5.41) is 2.32. The van der Waals surface area contributed by atoms with Gasteiger partial charge in [0, 0.05) is 0 Å². The number of rotatable bonds is 4. The smallest absolute Gasteiger partial charge is 0.408 e. The number of alkyl carbamates (subject to hydrolysis) is 1. The van der Waals surface area contributed by atoms with Crippen molar-refractivity contribution in [2.75, 3.05) is 0 Å². The second-order valence-electron chi connectivity index (χ2n) is 4.26. The van der Waals surface area contributed by atoms with Crippen molar-refractivity contribution in [3.8, 4) is 0 Å². The molecule has 1 atom stereocenters. The Balaban J connectivity index is 4.54. The Bertz CT molecular complexity index is 316. The molecule has 0 spiro atoms. The minimum absolute atomic E-state index is 0.318. The monoisotopic (exact) mass is 226 g/mol. The van der Waals surface area contributed by atoms with Crippen LogP contribution in [-0.2, 0) is 9.53 Å². The standard InChI is InChI=1S/C11H18N2O3/c1-6-7(2)8(9(12)14)13-10(15)16-11(3,4)5/h6,8H,1-2H2,3-5H3,(H2,12,14)(H,13,15). The van der Waals surface area contributed by atoms with Gasteiger partial charge in [-0.3, -0.25) is 4.79 Å². The van der Waals surface area contributed by atoms with Gasteiger partial charge in [0.2, 0.25) is 5.91 Å². The Morgan fingerprint density at radius 3 is 2.25 bits per heavy atom. The van der Waals surface area contributed by atoms with Crippen molar-refractivity contribution in [2.24, 2.45) is 5.73 Å². The van der Waals surface area contributed by atoms with Crippen molar-refractivity contribution in [1.29, 1.82) is 0 Å². The lowest BCUT2D eigenvalue weighted by Crippen LogP contribution is -2.46.